The lowest BCUT2D eigenvalue weighted by atomic mass is 10.1. The molecule has 154 valence electrons. The molecule has 4 rings (SSSR count). The SMILES string of the molecule is CCN(CC)CN1C(=O)S/C(=C/c2cn(Cc3ccccc3)c3ccccc23)C1=O. The van der Waals surface area contributed by atoms with Gasteiger partial charge in [-0.25, -0.2) is 0 Å². The maximum absolute atomic E-state index is 12.9. The van der Waals surface area contributed by atoms with Gasteiger partial charge in [-0.05, 0) is 42.6 Å². The molecule has 0 spiro atoms. The Kier molecular flexibility index (Phi) is 6.06. The van der Waals surface area contributed by atoms with Gasteiger partial charge >= 0.3 is 0 Å². The maximum atomic E-state index is 12.9. The third-order valence-corrected chi connectivity index (χ3v) is 6.32. The highest BCUT2D eigenvalue weighted by molar-refractivity contribution is 8.18. The number of benzene rings is 2. The Morgan fingerprint density at radius 3 is 2.40 bits per heavy atom. The molecule has 0 N–H and O–H groups in total. The molecule has 5 nitrogen and oxygen atoms in total. The number of hydrogen-bond acceptors (Lipinski definition) is 4. The fourth-order valence-electron chi connectivity index (χ4n) is 3.69. The van der Waals surface area contributed by atoms with Crippen LogP contribution in [0.5, 0.6) is 0 Å². The number of aromatic nitrogens is 1. The highest BCUT2D eigenvalue weighted by Crippen LogP contribution is 2.34. The van der Waals surface area contributed by atoms with Gasteiger partial charge in [0.1, 0.15) is 0 Å². The zero-order valence-corrected chi connectivity index (χ0v) is 18.1. The first kappa shape index (κ1) is 20.4. The van der Waals surface area contributed by atoms with Gasteiger partial charge in [0.15, 0.2) is 0 Å². The zero-order valence-electron chi connectivity index (χ0n) is 17.2. The molecule has 3 aromatic rings. The summed E-state index contributed by atoms with van der Waals surface area (Å²) in [5.74, 6) is -0.211. The zero-order chi connectivity index (χ0) is 21.1. The molecular weight excluding hydrogens is 394 g/mol. The summed E-state index contributed by atoms with van der Waals surface area (Å²) in [4.78, 5) is 29.2. The van der Waals surface area contributed by atoms with E-state index in [1.165, 1.54) is 10.5 Å². The second-order valence-corrected chi connectivity index (χ2v) is 8.26. The van der Waals surface area contributed by atoms with E-state index in [1.54, 1.807) is 0 Å². The van der Waals surface area contributed by atoms with E-state index in [1.807, 2.05) is 50.3 Å². The summed E-state index contributed by atoms with van der Waals surface area (Å²) in [6.45, 7) is 6.73. The van der Waals surface area contributed by atoms with E-state index in [0.29, 0.717) is 11.6 Å². The number of para-hydroxylation sites is 1. The normalized spacial score (nSPS) is 15.8. The van der Waals surface area contributed by atoms with Crippen molar-refractivity contribution in [3.63, 3.8) is 0 Å². The lowest BCUT2D eigenvalue weighted by Gasteiger charge is -2.23. The van der Waals surface area contributed by atoms with Crippen LogP contribution < -0.4 is 0 Å². The fraction of sp³-hybridized carbons (Fsp3) is 0.250. The summed E-state index contributed by atoms with van der Waals surface area (Å²) in [6.07, 6.45) is 3.92. The van der Waals surface area contributed by atoms with E-state index in [0.717, 1.165) is 47.9 Å². The van der Waals surface area contributed by atoms with Crippen molar-refractivity contribution in [3.05, 3.63) is 76.8 Å². The monoisotopic (exact) mass is 419 g/mol. The Bertz CT molecular complexity index is 1100. The third-order valence-electron chi connectivity index (χ3n) is 5.41. The fourth-order valence-corrected chi connectivity index (χ4v) is 4.51. The van der Waals surface area contributed by atoms with Gasteiger partial charge in [-0.2, -0.15) is 0 Å². The number of amides is 2. The Hall–Kier alpha value is -2.83. The maximum Gasteiger partial charge on any atom is 0.294 e. The van der Waals surface area contributed by atoms with E-state index in [9.17, 15) is 9.59 Å². The van der Waals surface area contributed by atoms with Gasteiger partial charge in [-0.15, -0.1) is 0 Å². The smallest absolute Gasteiger partial charge is 0.294 e. The molecule has 2 aromatic carbocycles. The van der Waals surface area contributed by atoms with E-state index in [-0.39, 0.29) is 11.1 Å². The van der Waals surface area contributed by atoms with Gasteiger partial charge < -0.3 is 4.57 Å². The van der Waals surface area contributed by atoms with Crippen LogP contribution in [0.4, 0.5) is 4.79 Å². The molecule has 2 heterocycles. The first-order valence-corrected chi connectivity index (χ1v) is 11.0. The van der Waals surface area contributed by atoms with Crippen LogP contribution in [0.3, 0.4) is 0 Å². The third kappa shape index (κ3) is 4.06. The van der Waals surface area contributed by atoms with Crippen molar-refractivity contribution in [1.29, 1.82) is 0 Å². The predicted octanol–water partition coefficient (Wildman–Crippen LogP) is 5.03. The predicted molar refractivity (Wildman–Crippen MR) is 123 cm³/mol. The molecule has 0 radical (unpaired) electrons. The molecule has 1 saturated heterocycles. The van der Waals surface area contributed by atoms with Crippen molar-refractivity contribution >= 4 is 39.9 Å². The number of hydrogen-bond donors (Lipinski definition) is 0. The number of carbonyl (C=O) groups excluding carboxylic acids is 2. The Labute approximate surface area is 181 Å². The lowest BCUT2D eigenvalue weighted by Crippen LogP contribution is -2.40. The van der Waals surface area contributed by atoms with Crippen LogP contribution in [0.2, 0.25) is 0 Å². The molecule has 1 aliphatic rings. The molecule has 1 aliphatic heterocycles. The van der Waals surface area contributed by atoms with Crippen LogP contribution in [0.25, 0.3) is 17.0 Å². The quantitative estimate of drug-likeness (QED) is 0.504. The van der Waals surface area contributed by atoms with Crippen molar-refractivity contribution in [1.82, 2.24) is 14.4 Å². The molecule has 0 bridgehead atoms. The number of imide groups is 1. The van der Waals surface area contributed by atoms with E-state index < -0.39 is 0 Å². The van der Waals surface area contributed by atoms with Crippen molar-refractivity contribution in [2.75, 3.05) is 19.8 Å². The van der Waals surface area contributed by atoms with Gasteiger partial charge in [-0.1, -0.05) is 62.4 Å². The lowest BCUT2D eigenvalue weighted by molar-refractivity contribution is -0.124. The van der Waals surface area contributed by atoms with Crippen molar-refractivity contribution in [2.24, 2.45) is 0 Å². The second kappa shape index (κ2) is 8.90. The summed E-state index contributed by atoms with van der Waals surface area (Å²) >= 11 is 1.02. The second-order valence-electron chi connectivity index (χ2n) is 7.27. The average molecular weight is 420 g/mol. The van der Waals surface area contributed by atoms with E-state index >= 15 is 0 Å². The molecule has 0 saturated carbocycles. The Balaban J connectivity index is 1.66. The standard InChI is InChI=1S/C24H25N3O2S/c1-3-25(4-2)17-27-23(28)22(30-24(27)29)14-19-16-26(15-18-10-6-5-7-11-18)21-13-9-8-12-20(19)21/h5-14,16H,3-4,15,17H2,1-2H3/b22-14+. The molecule has 6 heteroatoms. The molecule has 0 aliphatic carbocycles. The molecule has 1 fully saturated rings. The van der Waals surface area contributed by atoms with Gasteiger partial charge in [0.05, 0.1) is 11.6 Å². The highest BCUT2D eigenvalue weighted by atomic mass is 32.2. The van der Waals surface area contributed by atoms with Gasteiger partial charge in [0.25, 0.3) is 11.1 Å². The minimum absolute atomic E-state index is 0.203. The average Bonchev–Trinajstić information content (AvgIpc) is 3.24. The number of rotatable bonds is 7. The van der Waals surface area contributed by atoms with Gasteiger partial charge in [-0.3, -0.25) is 19.4 Å². The first-order chi connectivity index (χ1) is 14.6. The Morgan fingerprint density at radius 1 is 0.967 bits per heavy atom. The molecule has 30 heavy (non-hydrogen) atoms. The van der Waals surface area contributed by atoms with Crippen molar-refractivity contribution < 1.29 is 9.59 Å². The topological polar surface area (TPSA) is 45.5 Å². The van der Waals surface area contributed by atoms with Crippen LogP contribution in [-0.4, -0.2) is 45.3 Å². The van der Waals surface area contributed by atoms with Gasteiger partial charge in [0, 0.05) is 29.2 Å². The minimum Gasteiger partial charge on any atom is -0.342 e. The van der Waals surface area contributed by atoms with Gasteiger partial charge in [0.2, 0.25) is 0 Å². The Morgan fingerprint density at radius 2 is 1.67 bits per heavy atom. The molecule has 2 amide bonds. The number of thioether (sulfide) groups is 1. The van der Waals surface area contributed by atoms with Crippen LogP contribution in [-0.2, 0) is 11.3 Å². The van der Waals surface area contributed by atoms with E-state index in [2.05, 4.69) is 39.9 Å². The molecule has 0 unspecified atom stereocenters. The summed E-state index contributed by atoms with van der Waals surface area (Å²) in [5, 5.41) is 0.871. The van der Waals surface area contributed by atoms with E-state index in [4.69, 9.17) is 0 Å². The van der Waals surface area contributed by atoms with Crippen molar-refractivity contribution in [3.8, 4) is 0 Å². The first-order valence-electron chi connectivity index (χ1n) is 10.2. The summed E-state index contributed by atoms with van der Waals surface area (Å²) < 4.78 is 2.19. The highest BCUT2D eigenvalue weighted by Gasteiger charge is 2.35. The molecular formula is C24H25N3O2S. The molecule has 0 atom stereocenters. The summed E-state index contributed by atoms with van der Waals surface area (Å²) in [7, 11) is 0. The largest absolute Gasteiger partial charge is 0.342 e. The molecule has 1 aromatic heterocycles. The van der Waals surface area contributed by atoms with Crippen LogP contribution in [0, 0.1) is 0 Å². The van der Waals surface area contributed by atoms with Crippen molar-refractivity contribution in [2.45, 2.75) is 20.4 Å². The number of fused-ring (bicyclic) bond motifs is 1. The van der Waals surface area contributed by atoms with Crippen LogP contribution >= 0.6 is 11.8 Å². The van der Waals surface area contributed by atoms with Crippen LogP contribution in [0.15, 0.2) is 65.7 Å². The number of carbonyl (C=O) groups is 2. The minimum atomic E-state index is -0.211. The van der Waals surface area contributed by atoms with Crippen LogP contribution in [0.1, 0.15) is 25.0 Å². The number of nitrogens with zero attached hydrogens (tertiary/aromatic N) is 3. The summed E-state index contributed by atoms with van der Waals surface area (Å²) in [6, 6.07) is 18.5. The summed E-state index contributed by atoms with van der Waals surface area (Å²) in [5.41, 5.74) is 3.27.